The molecule has 0 aromatic carbocycles. The monoisotopic (exact) mass is 147 g/mol. The van der Waals surface area contributed by atoms with Gasteiger partial charge in [0.1, 0.15) is 0 Å². The van der Waals surface area contributed by atoms with E-state index in [4.69, 9.17) is 5.11 Å². The maximum absolute atomic E-state index is 10.1. The molecule has 0 saturated heterocycles. The lowest BCUT2D eigenvalue weighted by atomic mass is 10.6. The molecule has 0 fully saturated rings. The fourth-order valence-electron chi connectivity index (χ4n) is 0.494. The molecule has 0 atom stereocenters. The summed E-state index contributed by atoms with van der Waals surface area (Å²) in [7, 11) is 0. The molecule has 62 valence electrons. The molecule has 0 aliphatic rings. The first kappa shape index (κ1) is 12.0. The first-order chi connectivity index (χ1) is 4.72. The Balaban J connectivity index is 0. The SMILES string of the molecule is CC.CCN(CC)C(=O)O. The van der Waals surface area contributed by atoms with E-state index in [1.165, 1.54) is 4.90 Å². The van der Waals surface area contributed by atoms with Gasteiger partial charge in [0.05, 0.1) is 0 Å². The molecule has 0 unspecified atom stereocenters. The van der Waals surface area contributed by atoms with E-state index in [1.807, 2.05) is 27.7 Å². The highest BCUT2D eigenvalue weighted by Gasteiger charge is 2.02. The van der Waals surface area contributed by atoms with Crippen LogP contribution in [0.15, 0.2) is 0 Å². The third kappa shape index (κ3) is 5.41. The van der Waals surface area contributed by atoms with Gasteiger partial charge in [-0.05, 0) is 13.8 Å². The summed E-state index contributed by atoms with van der Waals surface area (Å²) in [5, 5.41) is 8.30. The van der Waals surface area contributed by atoms with Crippen molar-refractivity contribution in [3.05, 3.63) is 0 Å². The number of hydrogen-bond acceptors (Lipinski definition) is 1. The van der Waals surface area contributed by atoms with Gasteiger partial charge in [-0.3, -0.25) is 0 Å². The fourth-order valence-corrected chi connectivity index (χ4v) is 0.494. The maximum atomic E-state index is 10.1. The van der Waals surface area contributed by atoms with E-state index >= 15 is 0 Å². The highest BCUT2D eigenvalue weighted by atomic mass is 16.4. The van der Waals surface area contributed by atoms with Crippen LogP contribution in [0, 0.1) is 0 Å². The average Bonchev–Trinajstić information content (AvgIpc) is 1.94. The van der Waals surface area contributed by atoms with Crippen molar-refractivity contribution in [2.75, 3.05) is 13.1 Å². The fraction of sp³-hybridized carbons (Fsp3) is 0.857. The Labute approximate surface area is 62.7 Å². The van der Waals surface area contributed by atoms with Crippen LogP contribution in [0.25, 0.3) is 0 Å². The molecule has 1 N–H and O–H groups in total. The Kier molecular flexibility index (Phi) is 9.92. The summed E-state index contributed by atoms with van der Waals surface area (Å²) < 4.78 is 0. The van der Waals surface area contributed by atoms with Crippen molar-refractivity contribution in [2.24, 2.45) is 0 Å². The second kappa shape index (κ2) is 8.27. The predicted molar refractivity (Wildman–Crippen MR) is 42.3 cm³/mol. The molecule has 0 radical (unpaired) electrons. The van der Waals surface area contributed by atoms with Crippen molar-refractivity contribution in [3.63, 3.8) is 0 Å². The van der Waals surface area contributed by atoms with Crippen LogP contribution in [-0.2, 0) is 0 Å². The van der Waals surface area contributed by atoms with Gasteiger partial charge in [-0.2, -0.15) is 0 Å². The molecular weight excluding hydrogens is 130 g/mol. The van der Waals surface area contributed by atoms with Crippen LogP contribution in [0.2, 0.25) is 0 Å². The molecule has 0 rings (SSSR count). The van der Waals surface area contributed by atoms with Crippen LogP contribution in [-0.4, -0.2) is 29.2 Å². The minimum absolute atomic E-state index is 0.575. The van der Waals surface area contributed by atoms with E-state index < -0.39 is 6.09 Å². The van der Waals surface area contributed by atoms with Gasteiger partial charge in [-0.1, -0.05) is 13.8 Å². The molecule has 0 saturated carbocycles. The topological polar surface area (TPSA) is 40.5 Å². The predicted octanol–water partition coefficient (Wildman–Crippen LogP) is 2.03. The molecule has 0 aliphatic carbocycles. The van der Waals surface area contributed by atoms with Crippen molar-refractivity contribution in [3.8, 4) is 0 Å². The van der Waals surface area contributed by atoms with Crippen molar-refractivity contribution in [1.29, 1.82) is 0 Å². The molecule has 0 aliphatic heterocycles. The van der Waals surface area contributed by atoms with Crippen LogP contribution in [0.3, 0.4) is 0 Å². The van der Waals surface area contributed by atoms with Gasteiger partial charge in [-0.15, -0.1) is 0 Å². The minimum atomic E-state index is -0.838. The summed E-state index contributed by atoms with van der Waals surface area (Å²) in [5.74, 6) is 0. The third-order valence-corrected chi connectivity index (χ3v) is 1.03. The minimum Gasteiger partial charge on any atom is -0.465 e. The molecule has 0 heterocycles. The number of hydrogen-bond donors (Lipinski definition) is 1. The maximum Gasteiger partial charge on any atom is 0.407 e. The van der Waals surface area contributed by atoms with Gasteiger partial charge >= 0.3 is 6.09 Å². The van der Waals surface area contributed by atoms with E-state index in [0.29, 0.717) is 13.1 Å². The second-order valence-corrected chi connectivity index (χ2v) is 1.45. The van der Waals surface area contributed by atoms with E-state index in [0.717, 1.165) is 0 Å². The normalized spacial score (nSPS) is 7.60. The Hall–Kier alpha value is -0.730. The zero-order valence-electron chi connectivity index (χ0n) is 7.22. The van der Waals surface area contributed by atoms with Gasteiger partial charge in [0.25, 0.3) is 0 Å². The lowest BCUT2D eigenvalue weighted by Crippen LogP contribution is -2.28. The summed E-state index contributed by atoms with van der Waals surface area (Å²) >= 11 is 0. The standard InChI is InChI=1S/C5H11NO2.C2H6/c1-3-6(4-2)5(7)8;1-2/h3-4H2,1-2H3,(H,7,8);1-2H3. The van der Waals surface area contributed by atoms with Gasteiger partial charge in [0.2, 0.25) is 0 Å². The summed E-state index contributed by atoms with van der Waals surface area (Å²) in [5.41, 5.74) is 0. The smallest absolute Gasteiger partial charge is 0.407 e. The third-order valence-electron chi connectivity index (χ3n) is 1.03. The molecule has 1 amide bonds. The lowest BCUT2D eigenvalue weighted by molar-refractivity contribution is 0.150. The molecular formula is C7H17NO2. The van der Waals surface area contributed by atoms with Crippen LogP contribution in [0.5, 0.6) is 0 Å². The van der Waals surface area contributed by atoms with Crippen molar-refractivity contribution < 1.29 is 9.90 Å². The summed E-state index contributed by atoms with van der Waals surface area (Å²) in [6.45, 7) is 8.78. The summed E-state index contributed by atoms with van der Waals surface area (Å²) in [6, 6.07) is 0. The van der Waals surface area contributed by atoms with Crippen molar-refractivity contribution >= 4 is 6.09 Å². The van der Waals surface area contributed by atoms with Gasteiger partial charge in [0, 0.05) is 13.1 Å². The highest BCUT2D eigenvalue weighted by Crippen LogP contribution is 1.84. The van der Waals surface area contributed by atoms with Crippen molar-refractivity contribution in [2.45, 2.75) is 27.7 Å². The Bertz CT molecular complexity index is 79.7. The number of nitrogens with zero attached hydrogens (tertiary/aromatic N) is 1. The second-order valence-electron chi connectivity index (χ2n) is 1.45. The van der Waals surface area contributed by atoms with E-state index in [-0.39, 0.29) is 0 Å². The summed E-state index contributed by atoms with van der Waals surface area (Å²) in [6.07, 6.45) is -0.838. The number of carbonyl (C=O) groups is 1. The van der Waals surface area contributed by atoms with Crippen molar-refractivity contribution in [1.82, 2.24) is 4.90 Å². The largest absolute Gasteiger partial charge is 0.465 e. The number of carboxylic acid groups (broad SMARTS) is 1. The molecule has 0 aromatic heterocycles. The summed E-state index contributed by atoms with van der Waals surface area (Å²) in [4.78, 5) is 11.4. The van der Waals surface area contributed by atoms with Gasteiger partial charge in [-0.25, -0.2) is 4.79 Å². The Morgan fingerprint density at radius 3 is 1.60 bits per heavy atom. The molecule has 0 aromatic rings. The molecule has 0 spiro atoms. The van der Waals surface area contributed by atoms with Crippen LogP contribution >= 0.6 is 0 Å². The number of rotatable bonds is 2. The highest BCUT2D eigenvalue weighted by molar-refractivity contribution is 5.64. The molecule has 3 nitrogen and oxygen atoms in total. The first-order valence-corrected chi connectivity index (χ1v) is 3.70. The van der Waals surface area contributed by atoms with E-state index in [9.17, 15) is 4.79 Å². The average molecular weight is 147 g/mol. The first-order valence-electron chi connectivity index (χ1n) is 3.70. The van der Waals surface area contributed by atoms with Gasteiger partial charge < -0.3 is 10.0 Å². The van der Waals surface area contributed by atoms with Crippen LogP contribution < -0.4 is 0 Å². The Morgan fingerprint density at radius 1 is 1.30 bits per heavy atom. The van der Waals surface area contributed by atoms with Crippen LogP contribution in [0.1, 0.15) is 27.7 Å². The molecule has 10 heavy (non-hydrogen) atoms. The van der Waals surface area contributed by atoms with Gasteiger partial charge in [0.15, 0.2) is 0 Å². The number of amides is 1. The molecule has 3 heteroatoms. The van der Waals surface area contributed by atoms with Crippen LogP contribution in [0.4, 0.5) is 4.79 Å². The molecule has 0 bridgehead atoms. The zero-order valence-corrected chi connectivity index (χ0v) is 7.22. The zero-order chi connectivity index (χ0) is 8.57. The van der Waals surface area contributed by atoms with E-state index in [1.54, 1.807) is 0 Å². The van der Waals surface area contributed by atoms with E-state index in [2.05, 4.69) is 0 Å². The quantitative estimate of drug-likeness (QED) is 0.649. The lowest BCUT2D eigenvalue weighted by Gasteiger charge is -2.12. The Morgan fingerprint density at radius 2 is 1.60 bits per heavy atom.